The maximum absolute atomic E-state index is 13.0. The molecule has 1 aliphatic rings. The van der Waals surface area contributed by atoms with Gasteiger partial charge in [0.1, 0.15) is 0 Å². The van der Waals surface area contributed by atoms with E-state index in [2.05, 4.69) is 27.4 Å². The molecule has 0 bridgehead atoms. The van der Waals surface area contributed by atoms with Gasteiger partial charge >= 0.3 is 17.5 Å². The number of carbonyl (C=O) groups is 1. The number of hydrogen-bond acceptors (Lipinski definition) is 7. The Kier molecular flexibility index (Phi) is 5.62. The van der Waals surface area contributed by atoms with Crippen molar-refractivity contribution in [3.05, 3.63) is 93.0 Å². The number of amides is 1. The fourth-order valence-electron chi connectivity index (χ4n) is 4.15. The van der Waals surface area contributed by atoms with Crippen molar-refractivity contribution >= 4 is 5.91 Å². The van der Waals surface area contributed by atoms with E-state index >= 15 is 0 Å². The normalized spacial score (nSPS) is 15.6. The van der Waals surface area contributed by atoms with E-state index in [0.717, 1.165) is 15.7 Å². The van der Waals surface area contributed by atoms with Crippen LogP contribution in [0, 0.1) is 0 Å². The van der Waals surface area contributed by atoms with Gasteiger partial charge in [-0.3, -0.25) is 14.2 Å². The molecule has 10 nitrogen and oxygen atoms in total. The number of hydrogen-bond donors (Lipinski definition) is 0. The van der Waals surface area contributed by atoms with Crippen LogP contribution in [0.15, 0.2) is 74.8 Å². The van der Waals surface area contributed by atoms with E-state index in [1.165, 1.54) is 5.56 Å². The molecular formula is C24H22N6O4. The Morgan fingerprint density at radius 2 is 1.76 bits per heavy atom. The minimum Gasteiger partial charge on any atom is -0.334 e. The van der Waals surface area contributed by atoms with Gasteiger partial charge < -0.3 is 9.42 Å². The van der Waals surface area contributed by atoms with Gasteiger partial charge in [-0.15, -0.1) is 0 Å². The molecule has 0 aliphatic carbocycles. The summed E-state index contributed by atoms with van der Waals surface area (Å²) in [5.41, 5.74) is 0.268. The number of carbonyl (C=O) groups excluding carboxylic acids is 1. The van der Waals surface area contributed by atoms with E-state index in [9.17, 15) is 14.4 Å². The monoisotopic (exact) mass is 458 g/mol. The molecule has 1 atom stereocenters. The zero-order valence-electron chi connectivity index (χ0n) is 18.5. The van der Waals surface area contributed by atoms with Gasteiger partial charge in [0.05, 0.1) is 5.69 Å². The van der Waals surface area contributed by atoms with Crippen LogP contribution in [-0.2, 0) is 6.54 Å². The number of rotatable bonds is 5. The number of aromatic nitrogens is 5. The lowest BCUT2D eigenvalue weighted by molar-refractivity contribution is 0.0741. The van der Waals surface area contributed by atoms with Crippen molar-refractivity contribution in [3.63, 3.8) is 0 Å². The molecule has 4 aromatic rings. The second-order valence-electron chi connectivity index (χ2n) is 8.00. The summed E-state index contributed by atoms with van der Waals surface area (Å²) >= 11 is 0. The van der Waals surface area contributed by atoms with Crippen molar-refractivity contribution in [2.75, 3.05) is 13.1 Å². The first kappa shape index (κ1) is 21.5. The molecule has 1 aliphatic heterocycles. The summed E-state index contributed by atoms with van der Waals surface area (Å²) in [5, 5.41) is 8.04. The van der Waals surface area contributed by atoms with Crippen molar-refractivity contribution in [3.8, 4) is 17.2 Å². The summed E-state index contributed by atoms with van der Waals surface area (Å²) < 4.78 is 7.36. The zero-order valence-corrected chi connectivity index (χ0v) is 18.5. The Hall–Kier alpha value is -4.34. The molecule has 1 fully saturated rings. The third kappa shape index (κ3) is 3.83. The summed E-state index contributed by atoms with van der Waals surface area (Å²) in [4.78, 5) is 44.5. The maximum Gasteiger partial charge on any atom is 0.352 e. The third-order valence-corrected chi connectivity index (χ3v) is 5.94. The Labute approximate surface area is 194 Å². The van der Waals surface area contributed by atoms with Crippen LogP contribution in [0.5, 0.6) is 0 Å². The standard InChI is InChI=1S/C24H22N6O4/c1-2-29-22(31)19(26-30(24(29)33)18-11-7-4-8-12-18)20-25-21(34-27-20)23(32)28-14-13-17(15-28)16-9-5-3-6-10-16/h3-12,17H,2,13-15H2,1H3/t17-/m1/s1. The average molecular weight is 458 g/mol. The summed E-state index contributed by atoms with van der Waals surface area (Å²) in [6, 6.07) is 18.7. The van der Waals surface area contributed by atoms with Gasteiger partial charge in [0.25, 0.3) is 5.56 Å². The number of para-hydroxylation sites is 1. The highest BCUT2D eigenvalue weighted by Gasteiger charge is 2.31. The maximum atomic E-state index is 13.0. The van der Waals surface area contributed by atoms with Crippen molar-refractivity contribution in [2.45, 2.75) is 25.8 Å². The lowest BCUT2D eigenvalue weighted by atomic mass is 9.99. The molecule has 3 heterocycles. The summed E-state index contributed by atoms with van der Waals surface area (Å²) in [5.74, 6) is -0.519. The first-order valence-corrected chi connectivity index (χ1v) is 11.0. The Morgan fingerprint density at radius 1 is 1.06 bits per heavy atom. The fourth-order valence-corrected chi connectivity index (χ4v) is 4.15. The third-order valence-electron chi connectivity index (χ3n) is 5.94. The summed E-state index contributed by atoms with van der Waals surface area (Å²) in [6.07, 6.45) is 0.835. The van der Waals surface area contributed by atoms with Gasteiger partial charge in [-0.2, -0.15) is 14.8 Å². The number of likely N-dealkylation sites (tertiary alicyclic amines) is 1. The van der Waals surface area contributed by atoms with Gasteiger partial charge in [-0.25, -0.2) is 4.79 Å². The molecule has 172 valence electrons. The molecule has 10 heteroatoms. The fraction of sp³-hybridized carbons (Fsp3) is 0.250. The largest absolute Gasteiger partial charge is 0.352 e. The van der Waals surface area contributed by atoms with Gasteiger partial charge in [-0.1, -0.05) is 53.7 Å². The quantitative estimate of drug-likeness (QED) is 0.450. The van der Waals surface area contributed by atoms with Gasteiger partial charge in [0, 0.05) is 25.6 Å². The first-order chi connectivity index (χ1) is 16.6. The van der Waals surface area contributed by atoms with Crippen molar-refractivity contribution in [1.82, 2.24) is 29.4 Å². The average Bonchev–Trinajstić information content (AvgIpc) is 3.56. The second-order valence-corrected chi connectivity index (χ2v) is 8.00. The molecule has 34 heavy (non-hydrogen) atoms. The SMILES string of the molecule is CCn1c(=O)c(-c2noc(C(=O)N3CC[C@@H](c4ccccc4)C3)n2)nn(-c2ccccc2)c1=O. The molecule has 0 N–H and O–H groups in total. The van der Waals surface area contributed by atoms with E-state index in [-0.39, 0.29) is 29.9 Å². The minimum absolute atomic E-state index is 0.137. The number of nitrogens with zero attached hydrogens (tertiary/aromatic N) is 6. The second kappa shape index (κ2) is 8.89. The molecule has 2 aromatic heterocycles. The predicted octanol–water partition coefficient (Wildman–Crippen LogP) is 2.09. The Balaban J connectivity index is 1.45. The summed E-state index contributed by atoms with van der Waals surface area (Å²) in [6.45, 7) is 2.93. The van der Waals surface area contributed by atoms with Crippen LogP contribution in [0.25, 0.3) is 17.2 Å². The topological polar surface area (TPSA) is 116 Å². The van der Waals surface area contributed by atoms with Crippen LogP contribution in [-0.4, -0.2) is 48.4 Å². The van der Waals surface area contributed by atoms with E-state index in [0.29, 0.717) is 18.8 Å². The molecular weight excluding hydrogens is 436 g/mol. The van der Waals surface area contributed by atoms with Gasteiger partial charge in [0.2, 0.25) is 5.82 Å². The molecule has 1 saturated heterocycles. The number of benzene rings is 2. The van der Waals surface area contributed by atoms with Gasteiger partial charge in [-0.05, 0) is 31.0 Å². The first-order valence-electron chi connectivity index (χ1n) is 11.0. The molecule has 0 radical (unpaired) electrons. The lowest BCUT2D eigenvalue weighted by Crippen LogP contribution is -2.41. The van der Waals surface area contributed by atoms with E-state index in [1.807, 2.05) is 24.3 Å². The van der Waals surface area contributed by atoms with Crippen LogP contribution in [0.1, 0.15) is 35.5 Å². The highest BCUT2D eigenvalue weighted by atomic mass is 16.5. The van der Waals surface area contributed by atoms with Crippen molar-refractivity contribution in [2.24, 2.45) is 0 Å². The van der Waals surface area contributed by atoms with Crippen LogP contribution >= 0.6 is 0 Å². The zero-order chi connectivity index (χ0) is 23.7. The van der Waals surface area contributed by atoms with Crippen LogP contribution < -0.4 is 11.2 Å². The van der Waals surface area contributed by atoms with E-state index < -0.39 is 17.2 Å². The molecule has 0 unspecified atom stereocenters. The van der Waals surface area contributed by atoms with E-state index in [4.69, 9.17) is 4.52 Å². The molecule has 0 spiro atoms. The highest BCUT2D eigenvalue weighted by Crippen LogP contribution is 2.28. The van der Waals surface area contributed by atoms with Crippen LogP contribution in [0.2, 0.25) is 0 Å². The molecule has 5 rings (SSSR count). The van der Waals surface area contributed by atoms with E-state index in [1.54, 1.807) is 36.1 Å². The molecule has 1 amide bonds. The molecule has 2 aromatic carbocycles. The minimum atomic E-state index is -0.648. The highest BCUT2D eigenvalue weighted by molar-refractivity contribution is 5.90. The van der Waals surface area contributed by atoms with Crippen LogP contribution in [0.3, 0.4) is 0 Å². The lowest BCUT2D eigenvalue weighted by Gasteiger charge is -2.14. The predicted molar refractivity (Wildman–Crippen MR) is 123 cm³/mol. The van der Waals surface area contributed by atoms with Gasteiger partial charge in [0.15, 0.2) is 5.69 Å². The Morgan fingerprint density at radius 3 is 2.47 bits per heavy atom. The smallest absolute Gasteiger partial charge is 0.334 e. The van der Waals surface area contributed by atoms with Crippen molar-refractivity contribution < 1.29 is 9.32 Å². The van der Waals surface area contributed by atoms with Crippen LogP contribution in [0.4, 0.5) is 0 Å². The van der Waals surface area contributed by atoms with Crippen molar-refractivity contribution in [1.29, 1.82) is 0 Å². The molecule has 0 saturated carbocycles. The Bertz CT molecular complexity index is 1440. The summed E-state index contributed by atoms with van der Waals surface area (Å²) in [7, 11) is 0.